The van der Waals surface area contributed by atoms with E-state index in [-0.39, 0.29) is 18.2 Å². The Morgan fingerprint density at radius 3 is 2.50 bits per heavy atom. The molecule has 0 spiro atoms. The molecule has 0 aliphatic heterocycles. The highest BCUT2D eigenvalue weighted by molar-refractivity contribution is 5.95. The van der Waals surface area contributed by atoms with E-state index in [9.17, 15) is 9.18 Å². The van der Waals surface area contributed by atoms with E-state index in [4.69, 9.17) is 9.26 Å². The first kappa shape index (κ1) is 15.9. The summed E-state index contributed by atoms with van der Waals surface area (Å²) in [5.41, 5.74) is 1.31. The van der Waals surface area contributed by atoms with E-state index in [1.54, 1.807) is 36.4 Å². The second kappa shape index (κ2) is 7.04. The Labute approximate surface area is 138 Å². The van der Waals surface area contributed by atoms with Crippen molar-refractivity contribution in [2.75, 3.05) is 0 Å². The molecule has 122 valence electrons. The van der Waals surface area contributed by atoms with Gasteiger partial charge in [-0.15, -0.1) is 0 Å². The molecule has 1 aromatic heterocycles. The van der Waals surface area contributed by atoms with Crippen LogP contribution in [0, 0.1) is 5.82 Å². The van der Waals surface area contributed by atoms with Gasteiger partial charge >= 0.3 is 0 Å². The van der Waals surface area contributed by atoms with E-state index in [0.29, 0.717) is 35.0 Å². The lowest BCUT2D eigenvalue weighted by Crippen LogP contribution is -1.98. The first-order chi connectivity index (χ1) is 11.7. The van der Waals surface area contributed by atoms with Gasteiger partial charge < -0.3 is 9.26 Å². The van der Waals surface area contributed by atoms with E-state index in [1.807, 2.05) is 6.92 Å². The van der Waals surface area contributed by atoms with Gasteiger partial charge in [0, 0.05) is 17.5 Å². The van der Waals surface area contributed by atoms with Gasteiger partial charge in [-0.25, -0.2) is 4.39 Å². The molecule has 0 aliphatic carbocycles. The third-order valence-corrected chi connectivity index (χ3v) is 3.43. The van der Waals surface area contributed by atoms with Crippen LogP contribution in [-0.4, -0.2) is 15.9 Å². The van der Waals surface area contributed by atoms with Crippen molar-refractivity contribution in [3.05, 3.63) is 65.8 Å². The fourth-order valence-corrected chi connectivity index (χ4v) is 2.12. The van der Waals surface area contributed by atoms with Gasteiger partial charge in [-0.1, -0.05) is 12.1 Å². The van der Waals surface area contributed by atoms with Gasteiger partial charge in [0.1, 0.15) is 11.6 Å². The summed E-state index contributed by atoms with van der Waals surface area (Å²) < 4.78 is 23.6. The van der Waals surface area contributed by atoms with Crippen molar-refractivity contribution in [2.24, 2.45) is 0 Å². The molecule has 6 heteroatoms. The van der Waals surface area contributed by atoms with Gasteiger partial charge in [-0.05, 0) is 48.5 Å². The SMILES string of the molecule is CCC(=O)c1ccc(OCc2nc(-c3ccc(F)cc3)no2)cc1. The van der Waals surface area contributed by atoms with E-state index < -0.39 is 0 Å². The Kier molecular flexibility index (Phi) is 4.65. The molecule has 0 saturated carbocycles. The van der Waals surface area contributed by atoms with Crippen LogP contribution in [0.25, 0.3) is 11.4 Å². The molecule has 1 heterocycles. The Morgan fingerprint density at radius 2 is 1.83 bits per heavy atom. The van der Waals surface area contributed by atoms with Gasteiger partial charge in [0.2, 0.25) is 5.82 Å². The molecule has 0 atom stereocenters. The summed E-state index contributed by atoms with van der Waals surface area (Å²) >= 11 is 0. The van der Waals surface area contributed by atoms with E-state index in [0.717, 1.165) is 0 Å². The summed E-state index contributed by atoms with van der Waals surface area (Å²) in [5, 5.41) is 3.84. The first-order valence-corrected chi connectivity index (χ1v) is 7.50. The molecule has 3 aromatic rings. The fraction of sp³-hybridized carbons (Fsp3) is 0.167. The fourth-order valence-electron chi connectivity index (χ4n) is 2.12. The molecule has 0 amide bonds. The number of ketones is 1. The maximum Gasteiger partial charge on any atom is 0.264 e. The lowest BCUT2D eigenvalue weighted by molar-refractivity contribution is 0.0988. The van der Waals surface area contributed by atoms with Crippen molar-refractivity contribution < 1.29 is 18.4 Å². The average molecular weight is 326 g/mol. The number of benzene rings is 2. The normalized spacial score (nSPS) is 10.6. The third-order valence-electron chi connectivity index (χ3n) is 3.43. The van der Waals surface area contributed by atoms with Crippen LogP contribution >= 0.6 is 0 Å². The molecular formula is C18H15FN2O3. The van der Waals surface area contributed by atoms with Crippen LogP contribution in [0.1, 0.15) is 29.6 Å². The maximum atomic E-state index is 12.9. The van der Waals surface area contributed by atoms with Gasteiger partial charge in [0.05, 0.1) is 0 Å². The van der Waals surface area contributed by atoms with E-state index >= 15 is 0 Å². The quantitative estimate of drug-likeness (QED) is 0.639. The second-order valence-electron chi connectivity index (χ2n) is 5.11. The summed E-state index contributed by atoms with van der Waals surface area (Å²) in [6.45, 7) is 1.93. The van der Waals surface area contributed by atoms with Crippen LogP contribution in [0.15, 0.2) is 53.1 Å². The average Bonchev–Trinajstić information content (AvgIpc) is 3.09. The summed E-state index contributed by atoms with van der Waals surface area (Å²) in [6.07, 6.45) is 0.467. The van der Waals surface area contributed by atoms with Crippen LogP contribution in [0.4, 0.5) is 4.39 Å². The van der Waals surface area contributed by atoms with Crippen molar-refractivity contribution in [3.63, 3.8) is 0 Å². The third kappa shape index (κ3) is 3.65. The Hall–Kier alpha value is -3.02. The second-order valence-corrected chi connectivity index (χ2v) is 5.11. The summed E-state index contributed by atoms with van der Waals surface area (Å²) in [4.78, 5) is 15.8. The number of carbonyl (C=O) groups excluding carboxylic acids is 1. The van der Waals surface area contributed by atoms with Gasteiger partial charge in [-0.2, -0.15) is 4.98 Å². The van der Waals surface area contributed by atoms with Crippen molar-refractivity contribution >= 4 is 5.78 Å². The first-order valence-electron chi connectivity index (χ1n) is 7.50. The predicted molar refractivity (Wildman–Crippen MR) is 85.1 cm³/mol. The number of hydrogen-bond donors (Lipinski definition) is 0. The Bertz CT molecular complexity index is 826. The molecule has 0 aliphatic rings. The highest BCUT2D eigenvalue weighted by atomic mass is 19.1. The zero-order valence-electron chi connectivity index (χ0n) is 13.0. The number of halogens is 1. The molecule has 0 fully saturated rings. The number of nitrogens with zero attached hydrogens (tertiary/aromatic N) is 2. The smallest absolute Gasteiger partial charge is 0.264 e. The zero-order chi connectivity index (χ0) is 16.9. The number of carbonyl (C=O) groups is 1. The molecule has 2 aromatic carbocycles. The van der Waals surface area contributed by atoms with Gasteiger partial charge in [0.25, 0.3) is 5.89 Å². The standard InChI is InChI=1S/C18H15FN2O3/c1-2-16(22)12-5-9-15(10-6-12)23-11-17-20-18(21-24-17)13-3-7-14(19)8-4-13/h3-10H,2,11H2,1H3. The topological polar surface area (TPSA) is 65.2 Å². The monoisotopic (exact) mass is 326 g/mol. The molecule has 0 N–H and O–H groups in total. The minimum absolute atomic E-state index is 0.0855. The summed E-state index contributed by atoms with van der Waals surface area (Å²) in [7, 11) is 0. The molecule has 3 rings (SSSR count). The molecule has 0 radical (unpaired) electrons. The van der Waals surface area contributed by atoms with Crippen LogP contribution in [0.3, 0.4) is 0 Å². The largest absolute Gasteiger partial charge is 0.484 e. The van der Waals surface area contributed by atoms with E-state index in [1.165, 1.54) is 12.1 Å². The molecule has 0 bridgehead atoms. The molecule has 24 heavy (non-hydrogen) atoms. The van der Waals surface area contributed by atoms with E-state index in [2.05, 4.69) is 10.1 Å². The zero-order valence-corrected chi connectivity index (χ0v) is 13.0. The number of aromatic nitrogens is 2. The number of Topliss-reactive ketones (excluding diaryl/α,β-unsaturated/α-hetero) is 1. The molecule has 0 saturated heterocycles. The van der Waals surface area contributed by atoms with Crippen molar-refractivity contribution in [2.45, 2.75) is 20.0 Å². The lowest BCUT2D eigenvalue weighted by Gasteiger charge is -2.04. The number of hydrogen-bond acceptors (Lipinski definition) is 5. The van der Waals surface area contributed by atoms with Crippen LogP contribution in [0.5, 0.6) is 5.75 Å². The minimum atomic E-state index is -0.323. The van der Waals surface area contributed by atoms with Crippen LogP contribution < -0.4 is 4.74 Å². The van der Waals surface area contributed by atoms with Crippen LogP contribution in [0.2, 0.25) is 0 Å². The van der Waals surface area contributed by atoms with Gasteiger partial charge in [-0.3, -0.25) is 4.79 Å². The minimum Gasteiger partial charge on any atom is -0.484 e. The highest BCUT2D eigenvalue weighted by Crippen LogP contribution is 2.18. The molecule has 0 unspecified atom stereocenters. The highest BCUT2D eigenvalue weighted by Gasteiger charge is 2.10. The van der Waals surface area contributed by atoms with Crippen molar-refractivity contribution in [3.8, 4) is 17.1 Å². The Balaban J connectivity index is 1.63. The summed E-state index contributed by atoms with van der Waals surface area (Å²) in [5.74, 6) is 1.04. The number of ether oxygens (including phenoxy) is 1. The predicted octanol–water partition coefficient (Wildman–Crippen LogP) is 4.05. The number of rotatable bonds is 6. The molecule has 5 nitrogen and oxygen atoms in total. The van der Waals surface area contributed by atoms with Gasteiger partial charge in [0.15, 0.2) is 12.4 Å². The Morgan fingerprint density at radius 1 is 1.12 bits per heavy atom. The van der Waals surface area contributed by atoms with Crippen LogP contribution in [-0.2, 0) is 6.61 Å². The van der Waals surface area contributed by atoms with Crippen molar-refractivity contribution in [1.29, 1.82) is 0 Å². The maximum absolute atomic E-state index is 12.9. The van der Waals surface area contributed by atoms with Crippen molar-refractivity contribution in [1.82, 2.24) is 10.1 Å². The lowest BCUT2D eigenvalue weighted by atomic mass is 10.1. The molecular weight excluding hydrogens is 311 g/mol. The summed E-state index contributed by atoms with van der Waals surface area (Å²) in [6, 6.07) is 12.7.